The lowest BCUT2D eigenvalue weighted by Crippen LogP contribution is -2.30. The number of urea groups is 1. The van der Waals surface area contributed by atoms with Crippen LogP contribution in [0.3, 0.4) is 0 Å². The zero-order valence-corrected chi connectivity index (χ0v) is 23.1. The maximum Gasteiger partial charge on any atom is 0.387 e. The number of amides is 2. The minimum atomic E-state index is -2.89. The summed E-state index contributed by atoms with van der Waals surface area (Å²) in [5.41, 5.74) is 4.34. The van der Waals surface area contributed by atoms with Gasteiger partial charge in [-0.3, -0.25) is 0 Å². The molecule has 0 radical (unpaired) electrons. The second-order valence-corrected chi connectivity index (χ2v) is 10.8. The molecule has 2 aliphatic rings. The molecule has 0 spiro atoms. The second kappa shape index (κ2) is 11.2. The number of carbonyl (C=O) groups is 1. The van der Waals surface area contributed by atoms with E-state index in [1.807, 2.05) is 30.3 Å². The number of benzene rings is 4. The maximum absolute atomic E-state index is 13.3. The van der Waals surface area contributed by atoms with Crippen LogP contribution in [0.4, 0.5) is 19.3 Å². The molecule has 0 aliphatic carbocycles. The van der Waals surface area contributed by atoms with E-state index < -0.39 is 6.61 Å². The summed E-state index contributed by atoms with van der Waals surface area (Å²) in [6, 6.07) is 28.6. The van der Waals surface area contributed by atoms with Gasteiger partial charge in [-0.05, 0) is 97.3 Å². The fourth-order valence-electron chi connectivity index (χ4n) is 5.22. The van der Waals surface area contributed by atoms with Crippen LogP contribution in [-0.2, 0) is 6.42 Å². The third-order valence-corrected chi connectivity index (χ3v) is 7.10. The first-order valence-corrected chi connectivity index (χ1v) is 13.6. The van der Waals surface area contributed by atoms with Crippen molar-refractivity contribution in [1.29, 1.82) is 0 Å². The fraction of sp³-hybridized carbons (Fsp3) is 0.212. The van der Waals surface area contributed by atoms with E-state index in [1.165, 1.54) is 29.3 Å². The number of halogens is 2. The molecule has 7 nitrogen and oxygen atoms in total. The Labute approximate surface area is 242 Å². The van der Waals surface area contributed by atoms with Crippen LogP contribution in [0.1, 0.15) is 36.5 Å². The number of nitrogens with zero attached hydrogens (tertiary/aromatic N) is 2. The fourth-order valence-corrected chi connectivity index (χ4v) is 5.22. The van der Waals surface area contributed by atoms with Crippen LogP contribution in [0.25, 0.3) is 0 Å². The van der Waals surface area contributed by atoms with Crippen molar-refractivity contribution in [3.63, 3.8) is 0 Å². The molecule has 0 saturated carbocycles. The smallest absolute Gasteiger partial charge is 0.387 e. The Balaban J connectivity index is 1.16. The first-order valence-electron chi connectivity index (χ1n) is 13.6. The average molecular weight is 570 g/mol. The van der Waals surface area contributed by atoms with Gasteiger partial charge in [0.2, 0.25) is 0 Å². The van der Waals surface area contributed by atoms with E-state index in [9.17, 15) is 13.6 Å². The van der Waals surface area contributed by atoms with E-state index >= 15 is 0 Å². The lowest BCUT2D eigenvalue weighted by Gasteiger charge is -2.16. The van der Waals surface area contributed by atoms with E-state index in [1.54, 1.807) is 24.3 Å². The molecule has 4 aromatic carbocycles. The van der Waals surface area contributed by atoms with Gasteiger partial charge in [0.1, 0.15) is 28.6 Å². The van der Waals surface area contributed by atoms with Gasteiger partial charge in [0.05, 0.1) is 12.3 Å². The predicted molar refractivity (Wildman–Crippen MR) is 156 cm³/mol. The Morgan fingerprint density at radius 1 is 0.952 bits per heavy atom. The van der Waals surface area contributed by atoms with Crippen molar-refractivity contribution >= 4 is 17.4 Å². The highest BCUT2D eigenvalue weighted by Gasteiger charge is 2.35. The van der Waals surface area contributed by atoms with Gasteiger partial charge in [-0.1, -0.05) is 30.3 Å². The number of hydrogen-bond donors (Lipinski definition) is 1. The standard InChI is InChI=1S/C33H29F2N3O4/c1-33(2)19-23-18-22(8-17-29(23)42-33)30-28(21-6-4-3-5-7-21)20-38(37-30)32(39)36-24-9-11-25(12-10-24)40-26-13-15-27(16-14-26)41-31(34)35/h3-18,28,31H,19-20H2,1-2H3,(H,36,39). The van der Waals surface area contributed by atoms with Gasteiger partial charge in [0.15, 0.2) is 0 Å². The SMILES string of the molecule is CC1(C)Cc2cc(C3=NN(C(=O)Nc4ccc(Oc5ccc(OC(F)F)cc5)cc4)CC3c3ccccc3)ccc2O1. The van der Waals surface area contributed by atoms with Crippen molar-refractivity contribution < 1.29 is 27.8 Å². The van der Waals surface area contributed by atoms with Gasteiger partial charge in [0, 0.05) is 18.0 Å². The number of ether oxygens (including phenoxy) is 3. The zero-order valence-electron chi connectivity index (χ0n) is 23.1. The quantitative estimate of drug-likeness (QED) is 0.246. The molecule has 214 valence electrons. The zero-order chi connectivity index (χ0) is 29.3. The van der Waals surface area contributed by atoms with Crippen LogP contribution in [0.2, 0.25) is 0 Å². The normalized spacial score (nSPS) is 16.9. The molecule has 0 saturated heterocycles. The lowest BCUT2D eigenvalue weighted by atomic mass is 9.89. The summed E-state index contributed by atoms with van der Waals surface area (Å²) in [5, 5.41) is 9.17. The highest BCUT2D eigenvalue weighted by molar-refractivity contribution is 6.08. The summed E-state index contributed by atoms with van der Waals surface area (Å²) >= 11 is 0. The monoisotopic (exact) mass is 569 g/mol. The molecule has 2 heterocycles. The summed E-state index contributed by atoms with van der Waals surface area (Å²) < 4.78 is 40.9. The minimum absolute atomic E-state index is 0.0479. The number of alkyl halides is 2. The minimum Gasteiger partial charge on any atom is -0.487 e. The van der Waals surface area contributed by atoms with Gasteiger partial charge in [0.25, 0.3) is 0 Å². The van der Waals surface area contributed by atoms with Crippen molar-refractivity contribution in [2.75, 3.05) is 11.9 Å². The van der Waals surface area contributed by atoms with Crippen molar-refractivity contribution in [3.05, 3.63) is 114 Å². The average Bonchev–Trinajstić information content (AvgIpc) is 3.55. The van der Waals surface area contributed by atoms with E-state index in [4.69, 9.17) is 14.6 Å². The van der Waals surface area contributed by atoms with Crippen LogP contribution >= 0.6 is 0 Å². The van der Waals surface area contributed by atoms with Crippen molar-refractivity contribution in [1.82, 2.24) is 5.01 Å². The third kappa shape index (κ3) is 6.05. The second-order valence-electron chi connectivity index (χ2n) is 10.8. The Morgan fingerprint density at radius 3 is 2.31 bits per heavy atom. The lowest BCUT2D eigenvalue weighted by molar-refractivity contribution is -0.0498. The van der Waals surface area contributed by atoms with Crippen molar-refractivity contribution in [2.45, 2.75) is 38.4 Å². The Hall–Kier alpha value is -4.92. The number of carbonyl (C=O) groups excluding carboxylic acids is 1. The number of rotatable bonds is 7. The van der Waals surface area contributed by atoms with Gasteiger partial charge in [-0.2, -0.15) is 13.9 Å². The van der Waals surface area contributed by atoms with E-state index in [0.29, 0.717) is 23.7 Å². The van der Waals surface area contributed by atoms with Crippen LogP contribution in [0, 0.1) is 0 Å². The van der Waals surface area contributed by atoms with Crippen molar-refractivity contribution in [2.24, 2.45) is 5.10 Å². The molecule has 1 N–H and O–H groups in total. The van der Waals surface area contributed by atoms with Gasteiger partial charge in [-0.25, -0.2) is 9.80 Å². The van der Waals surface area contributed by atoms with Crippen molar-refractivity contribution in [3.8, 4) is 23.0 Å². The van der Waals surface area contributed by atoms with Crippen LogP contribution < -0.4 is 19.5 Å². The largest absolute Gasteiger partial charge is 0.487 e. The predicted octanol–water partition coefficient (Wildman–Crippen LogP) is 7.83. The summed E-state index contributed by atoms with van der Waals surface area (Å²) in [4.78, 5) is 13.3. The summed E-state index contributed by atoms with van der Waals surface area (Å²) in [7, 11) is 0. The Morgan fingerprint density at radius 2 is 1.62 bits per heavy atom. The third-order valence-electron chi connectivity index (χ3n) is 7.10. The Bertz CT molecular complexity index is 1610. The number of anilines is 1. The van der Waals surface area contributed by atoms with E-state index in [0.717, 1.165) is 34.6 Å². The molecule has 0 aromatic heterocycles. The molecule has 4 aromatic rings. The molecule has 0 bridgehead atoms. The van der Waals surface area contributed by atoms with Gasteiger partial charge in [-0.15, -0.1) is 0 Å². The van der Waals surface area contributed by atoms with E-state index in [2.05, 4.69) is 42.1 Å². The molecule has 1 unspecified atom stereocenters. The summed E-state index contributed by atoms with van der Waals surface area (Å²) in [6.07, 6.45) is 0.807. The Kier molecular flexibility index (Phi) is 7.24. The van der Waals surface area contributed by atoms with E-state index in [-0.39, 0.29) is 23.3 Å². The van der Waals surface area contributed by atoms with Gasteiger partial charge >= 0.3 is 12.6 Å². The number of hydrogen-bond acceptors (Lipinski definition) is 5. The van der Waals surface area contributed by atoms with Crippen LogP contribution in [0.15, 0.2) is 102 Å². The maximum atomic E-state index is 13.3. The molecule has 42 heavy (non-hydrogen) atoms. The topological polar surface area (TPSA) is 72.4 Å². The van der Waals surface area contributed by atoms with Gasteiger partial charge < -0.3 is 19.5 Å². The first-order chi connectivity index (χ1) is 20.2. The molecule has 2 aliphatic heterocycles. The number of fused-ring (bicyclic) bond motifs is 1. The summed E-state index contributed by atoms with van der Waals surface area (Å²) in [6.45, 7) is 1.66. The molecular formula is C33H29F2N3O4. The highest BCUT2D eigenvalue weighted by Crippen LogP contribution is 2.37. The molecule has 0 fully saturated rings. The molecule has 6 rings (SSSR count). The van der Waals surface area contributed by atoms with Crippen LogP contribution in [-0.4, -0.2) is 35.5 Å². The molecular weight excluding hydrogens is 540 g/mol. The highest BCUT2D eigenvalue weighted by atomic mass is 19.3. The van der Waals surface area contributed by atoms with Crippen LogP contribution in [0.5, 0.6) is 23.0 Å². The number of nitrogens with one attached hydrogen (secondary N) is 1. The molecule has 1 atom stereocenters. The first kappa shape index (κ1) is 27.3. The molecule has 2 amide bonds. The number of hydrazone groups is 1. The molecule has 9 heteroatoms. The summed E-state index contributed by atoms with van der Waals surface area (Å²) in [5.74, 6) is 1.83.